The van der Waals surface area contributed by atoms with Crippen molar-refractivity contribution >= 4 is 5.78 Å². The van der Waals surface area contributed by atoms with Crippen LogP contribution in [-0.4, -0.2) is 25.6 Å². The van der Waals surface area contributed by atoms with Gasteiger partial charge in [-0.1, -0.05) is 13.8 Å². The van der Waals surface area contributed by atoms with Gasteiger partial charge in [-0.15, -0.1) is 10.2 Å². The highest BCUT2D eigenvalue weighted by Gasteiger charge is 2.13. The van der Waals surface area contributed by atoms with Gasteiger partial charge >= 0.3 is 0 Å². The summed E-state index contributed by atoms with van der Waals surface area (Å²) in [6, 6.07) is 1.97. The normalized spacial score (nSPS) is 13.6. The lowest BCUT2D eigenvalue weighted by Crippen LogP contribution is -2.29. The Kier molecular flexibility index (Phi) is 2.64. The maximum atomic E-state index is 6.00. The largest absolute Gasteiger partial charge is 0.327 e. The van der Waals surface area contributed by atoms with Crippen LogP contribution in [0.15, 0.2) is 18.5 Å². The molecule has 2 N–H and O–H groups in total. The summed E-state index contributed by atoms with van der Waals surface area (Å²) in [5, 5.41) is 8.07. The second-order valence-electron chi connectivity index (χ2n) is 4.02. The Morgan fingerprint density at radius 2 is 2.20 bits per heavy atom. The number of nitrogens with two attached hydrogens (primary N) is 1. The first-order valence-electron chi connectivity index (χ1n) is 5.08. The van der Waals surface area contributed by atoms with Crippen LogP contribution in [0.2, 0.25) is 0 Å². The van der Waals surface area contributed by atoms with E-state index in [1.54, 1.807) is 6.20 Å². The Bertz CT molecular complexity index is 448. The molecular formula is C10H15N5. The molecule has 0 spiro atoms. The third kappa shape index (κ3) is 1.97. The molecule has 0 aliphatic carbocycles. The minimum Gasteiger partial charge on any atom is -0.327 e. The van der Waals surface area contributed by atoms with Gasteiger partial charge in [-0.2, -0.15) is 0 Å². The molecule has 0 radical (unpaired) electrons. The maximum Gasteiger partial charge on any atom is 0.254 e. The van der Waals surface area contributed by atoms with E-state index >= 15 is 0 Å². The standard InChI is InChI=1S/C10H15N5/c1-7(2)8(11)6-9-13-14-10-12-4-3-5-15(9)10/h3-5,7-8H,6,11H2,1-2H3. The molecule has 0 amide bonds. The zero-order valence-electron chi connectivity index (χ0n) is 8.96. The Morgan fingerprint density at radius 1 is 1.40 bits per heavy atom. The summed E-state index contributed by atoms with van der Waals surface area (Å²) in [5.74, 6) is 1.94. The van der Waals surface area contributed by atoms with Crippen LogP contribution >= 0.6 is 0 Å². The summed E-state index contributed by atoms with van der Waals surface area (Å²) in [5.41, 5.74) is 6.00. The van der Waals surface area contributed by atoms with Crippen LogP contribution in [-0.2, 0) is 6.42 Å². The van der Waals surface area contributed by atoms with Crippen molar-refractivity contribution in [3.8, 4) is 0 Å². The smallest absolute Gasteiger partial charge is 0.254 e. The minimum absolute atomic E-state index is 0.109. The minimum atomic E-state index is 0.109. The van der Waals surface area contributed by atoms with E-state index in [0.717, 1.165) is 12.2 Å². The molecule has 5 heteroatoms. The fourth-order valence-electron chi connectivity index (χ4n) is 1.37. The molecule has 0 aromatic carbocycles. The van der Waals surface area contributed by atoms with Gasteiger partial charge in [0.2, 0.25) is 0 Å². The predicted molar refractivity (Wildman–Crippen MR) is 57.3 cm³/mol. The van der Waals surface area contributed by atoms with Crippen LogP contribution in [0.4, 0.5) is 0 Å². The van der Waals surface area contributed by atoms with Gasteiger partial charge in [-0.25, -0.2) is 4.98 Å². The van der Waals surface area contributed by atoms with Gasteiger partial charge in [0.05, 0.1) is 0 Å². The highest BCUT2D eigenvalue weighted by atomic mass is 15.3. The van der Waals surface area contributed by atoms with Crippen LogP contribution in [0.3, 0.4) is 0 Å². The molecule has 1 unspecified atom stereocenters. The van der Waals surface area contributed by atoms with Gasteiger partial charge in [0.25, 0.3) is 5.78 Å². The lowest BCUT2D eigenvalue weighted by atomic mass is 10.0. The molecule has 0 bridgehead atoms. The predicted octanol–water partition coefficient (Wildman–Crippen LogP) is 0.650. The summed E-state index contributed by atoms with van der Waals surface area (Å²) in [6.45, 7) is 4.21. The Morgan fingerprint density at radius 3 is 2.93 bits per heavy atom. The number of hydrogen-bond donors (Lipinski definition) is 1. The van der Waals surface area contributed by atoms with Gasteiger partial charge in [-0.05, 0) is 12.0 Å². The molecule has 5 nitrogen and oxygen atoms in total. The summed E-state index contributed by atoms with van der Waals surface area (Å²) >= 11 is 0. The van der Waals surface area contributed by atoms with Gasteiger partial charge in [0, 0.05) is 24.9 Å². The Labute approximate surface area is 88.3 Å². The van der Waals surface area contributed by atoms with Crippen LogP contribution in [0.5, 0.6) is 0 Å². The molecule has 0 aliphatic rings. The summed E-state index contributed by atoms with van der Waals surface area (Å²) < 4.78 is 1.88. The number of nitrogens with zero attached hydrogens (tertiary/aromatic N) is 4. The van der Waals surface area contributed by atoms with Gasteiger partial charge < -0.3 is 5.73 Å². The van der Waals surface area contributed by atoms with Crippen molar-refractivity contribution in [1.29, 1.82) is 0 Å². The third-order valence-corrected chi connectivity index (χ3v) is 2.53. The van der Waals surface area contributed by atoms with Crippen LogP contribution in [0.1, 0.15) is 19.7 Å². The first-order chi connectivity index (χ1) is 7.18. The molecule has 1 atom stereocenters. The van der Waals surface area contributed by atoms with E-state index in [0.29, 0.717) is 11.7 Å². The van der Waals surface area contributed by atoms with Crippen LogP contribution in [0, 0.1) is 5.92 Å². The summed E-state index contributed by atoms with van der Waals surface area (Å²) in [4.78, 5) is 4.10. The second kappa shape index (κ2) is 3.94. The van der Waals surface area contributed by atoms with E-state index in [2.05, 4.69) is 29.0 Å². The number of aromatic nitrogens is 4. The van der Waals surface area contributed by atoms with Crippen molar-refractivity contribution < 1.29 is 0 Å². The Hall–Kier alpha value is -1.49. The molecule has 80 valence electrons. The molecule has 0 saturated heterocycles. The average Bonchev–Trinajstić information content (AvgIpc) is 2.62. The second-order valence-corrected chi connectivity index (χ2v) is 4.02. The monoisotopic (exact) mass is 205 g/mol. The van der Waals surface area contributed by atoms with Crippen molar-refractivity contribution in [2.75, 3.05) is 0 Å². The van der Waals surface area contributed by atoms with Crippen molar-refractivity contribution in [2.24, 2.45) is 11.7 Å². The van der Waals surface area contributed by atoms with Crippen molar-refractivity contribution in [3.63, 3.8) is 0 Å². The molecule has 15 heavy (non-hydrogen) atoms. The molecule has 0 aliphatic heterocycles. The molecule has 2 aromatic heterocycles. The van der Waals surface area contributed by atoms with Crippen molar-refractivity contribution in [3.05, 3.63) is 24.3 Å². The SMILES string of the molecule is CC(C)C(N)Cc1nnc2ncccn12. The van der Waals surface area contributed by atoms with E-state index in [9.17, 15) is 0 Å². The average molecular weight is 205 g/mol. The maximum absolute atomic E-state index is 6.00. The lowest BCUT2D eigenvalue weighted by molar-refractivity contribution is 0.480. The highest BCUT2D eigenvalue weighted by Crippen LogP contribution is 2.07. The first kappa shape index (κ1) is 10.0. The van der Waals surface area contributed by atoms with Crippen LogP contribution in [0.25, 0.3) is 5.78 Å². The highest BCUT2D eigenvalue weighted by molar-refractivity contribution is 5.26. The fourth-order valence-corrected chi connectivity index (χ4v) is 1.37. The van der Waals surface area contributed by atoms with Crippen molar-refractivity contribution in [1.82, 2.24) is 19.6 Å². The number of fused-ring (bicyclic) bond motifs is 1. The summed E-state index contributed by atoms with van der Waals surface area (Å²) in [7, 11) is 0. The molecule has 2 rings (SSSR count). The zero-order valence-corrected chi connectivity index (χ0v) is 8.96. The van der Waals surface area contributed by atoms with Gasteiger partial charge in [0.15, 0.2) is 0 Å². The van der Waals surface area contributed by atoms with E-state index in [1.807, 2.05) is 16.7 Å². The van der Waals surface area contributed by atoms with Gasteiger partial charge in [0.1, 0.15) is 5.82 Å². The van der Waals surface area contributed by atoms with E-state index in [1.165, 1.54) is 0 Å². The molecular weight excluding hydrogens is 190 g/mol. The molecule has 2 aromatic rings. The lowest BCUT2D eigenvalue weighted by Gasteiger charge is -2.13. The summed E-state index contributed by atoms with van der Waals surface area (Å²) in [6.07, 6.45) is 4.34. The topological polar surface area (TPSA) is 69.1 Å². The van der Waals surface area contributed by atoms with E-state index in [-0.39, 0.29) is 6.04 Å². The number of hydrogen-bond acceptors (Lipinski definition) is 4. The Balaban J connectivity index is 2.29. The van der Waals surface area contributed by atoms with Crippen LogP contribution < -0.4 is 5.73 Å². The molecule has 2 heterocycles. The first-order valence-corrected chi connectivity index (χ1v) is 5.08. The molecule has 0 fully saturated rings. The fraction of sp³-hybridized carbons (Fsp3) is 0.500. The van der Waals surface area contributed by atoms with E-state index < -0.39 is 0 Å². The van der Waals surface area contributed by atoms with Crippen molar-refractivity contribution in [2.45, 2.75) is 26.3 Å². The van der Waals surface area contributed by atoms with Gasteiger partial charge in [-0.3, -0.25) is 4.40 Å². The molecule has 0 saturated carbocycles. The third-order valence-electron chi connectivity index (χ3n) is 2.53. The number of rotatable bonds is 3. The quantitative estimate of drug-likeness (QED) is 0.798. The zero-order chi connectivity index (χ0) is 10.8. The van der Waals surface area contributed by atoms with E-state index in [4.69, 9.17) is 5.73 Å².